The van der Waals surface area contributed by atoms with Gasteiger partial charge in [-0.25, -0.2) is 4.98 Å². The Hall–Kier alpha value is -1.36. The molecule has 1 aromatic heterocycles. The van der Waals surface area contributed by atoms with Crippen LogP contribution in [0.2, 0.25) is 0 Å². The second-order valence-electron chi connectivity index (χ2n) is 5.72. The number of aromatic nitrogens is 2. The van der Waals surface area contributed by atoms with Crippen LogP contribution in [-0.4, -0.2) is 28.0 Å². The molecule has 18 heavy (non-hydrogen) atoms. The molecular weight excluding hydrogens is 228 g/mol. The van der Waals surface area contributed by atoms with Gasteiger partial charge in [-0.1, -0.05) is 20.8 Å². The smallest absolute Gasteiger partial charge is 0.221 e. The van der Waals surface area contributed by atoms with E-state index in [1.165, 1.54) is 0 Å². The Kier molecular flexibility index (Phi) is 4.90. The number of rotatable bonds is 5. The summed E-state index contributed by atoms with van der Waals surface area (Å²) in [5.74, 6) is 0.0135. The number of imidazole rings is 1. The minimum Gasteiger partial charge on any atom is -0.352 e. The summed E-state index contributed by atoms with van der Waals surface area (Å²) in [5.41, 5.74) is 6.51. The molecule has 102 valence electrons. The zero-order chi connectivity index (χ0) is 13.8. The Labute approximate surface area is 109 Å². The van der Waals surface area contributed by atoms with Gasteiger partial charge in [0.1, 0.15) is 0 Å². The lowest BCUT2D eigenvalue weighted by Gasteiger charge is -2.31. The quantitative estimate of drug-likeness (QED) is 0.815. The second kappa shape index (κ2) is 6.00. The van der Waals surface area contributed by atoms with Gasteiger partial charge in [-0.3, -0.25) is 4.79 Å². The van der Waals surface area contributed by atoms with E-state index < -0.39 is 0 Å². The molecule has 3 N–H and O–H groups in total. The number of nitrogens with two attached hydrogens (primary N) is 1. The molecule has 1 atom stereocenters. The minimum atomic E-state index is -0.00543. The maximum absolute atomic E-state index is 11.7. The number of amides is 1. The van der Waals surface area contributed by atoms with Crippen molar-refractivity contribution in [2.24, 2.45) is 18.2 Å². The molecule has 0 unspecified atom stereocenters. The van der Waals surface area contributed by atoms with E-state index in [-0.39, 0.29) is 17.4 Å². The first-order valence-electron chi connectivity index (χ1n) is 6.29. The fourth-order valence-corrected chi connectivity index (χ4v) is 1.76. The van der Waals surface area contributed by atoms with E-state index in [0.29, 0.717) is 13.0 Å². The lowest BCUT2D eigenvalue weighted by Crippen LogP contribution is -2.45. The summed E-state index contributed by atoms with van der Waals surface area (Å²) in [7, 11) is 1.96. The van der Waals surface area contributed by atoms with Gasteiger partial charge in [-0.15, -0.1) is 0 Å². The predicted molar refractivity (Wildman–Crippen MR) is 72.0 cm³/mol. The van der Waals surface area contributed by atoms with Gasteiger partial charge in [-0.2, -0.15) is 0 Å². The molecule has 1 rings (SSSR count). The summed E-state index contributed by atoms with van der Waals surface area (Å²) in [6.07, 6.45) is 4.76. The topological polar surface area (TPSA) is 72.9 Å². The lowest BCUT2D eigenvalue weighted by molar-refractivity contribution is -0.122. The average molecular weight is 252 g/mol. The third kappa shape index (κ3) is 4.14. The van der Waals surface area contributed by atoms with Gasteiger partial charge in [0.05, 0.1) is 6.33 Å². The molecule has 1 heterocycles. The molecule has 0 aromatic carbocycles. The van der Waals surface area contributed by atoms with Crippen molar-refractivity contribution in [2.45, 2.75) is 39.7 Å². The third-order valence-corrected chi connectivity index (χ3v) is 3.08. The molecule has 1 aromatic rings. The molecule has 0 saturated carbocycles. The van der Waals surface area contributed by atoms with E-state index in [4.69, 9.17) is 5.73 Å². The van der Waals surface area contributed by atoms with Crippen molar-refractivity contribution in [3.05, 3.63) is 18.2 Å². The summed E-state index contributed by atoms with van der Waals surface area (Å²) in [5, 5.41) is 3.06. The predicted octanol–water partition coefficient (Wildman–Crippen LogP) is 0.842. The monoisotopic (exact) mass is 252 g/mol. The Bertz CT molecular complexity index is 392. The van der Waals surface area contributed by atoms with Crippen molar-refractivity contribution in [1.29, 1.82) is 0 Å². The highest BCUT2D eigenvalue weighted by atomic mass is 16.1. The van der Waals surface area contributed by atoms with Crippen molar-refractivity contribution in [3.63, 3.8) is 0 Å². The lowest BCUT2D eigenvalue weighted by atomic mass is 9.84. The van der Waals surface area contributed by atoms with Crippen LogP contribution in [0.3, 0.4) is 0 Å². The maximum atomic E-state index is 11.7. The van der Waals surface area contributed by atoms with E-state index in [1.54, 1.807) is 6.33 Å². The van der Waals surface area contributed by atoms with Gasteiger partial charge in [0.2, 0.25) is 5.91 Å². The fraction of sp³-hybridized carbons (Fsp3) is 0.692. The standard InChI is InChI=1S/C13H24N4O/c1-13(2,3)11(16-12(18)5-6-14)7-10-8-15-9-17(10)4/h8-9,11H,5-7,14H2,1-4H3,(H,16,18)/t11-/m0/s1. The molecule has 0 aliphatic rings. The number of carbonyl (C=O) groups excluding carboxylic acids is 1. The fourth-order valence-electron chi connectivity index (χ4n) is 1.76. The van der Waals surface area contributed by atoms with Crippen molar-refractivity contribution in [1.82, 2.24) is 14.9 Å². The van der Waals surface area contributed by atoms with Crippen molar-refractivity contribution in [3.8, 4) is 0 Å². The summed E-state index contributed by atoms with van der Waals surface area (Å²) < 4.78 is 1.98. The number of hydrogen-bond donors (Lipinski definition) is 2. The molecule has 5 heteroatoms. The highest BCUT2D eigenvalue weighted by molar-refractivity contribution is 5.76. The molecule has 0 fully saturated rings. The average Bonchev–Trinajstić information content (AvgIpc) is 2.62. The SMILES string of the molecule is Cn1cncc1C[C@H](NC(=O)CCN)C(C)(C)C. The van der Waals surface area contributed by atoms with Gasteiger partial charge in [0.15, 0.2) is 0 Å². The molecular formula is C13H24N4O. The van der Waals surface area contributed by atoms with Crippen LogP contribution in [-0.2, 0) is 18.3 Å². The molecule has 5 nitrogen and oxygen atoms in total. The highest BCUT2D eigenvalue weighted by Gasteiger charge is 2.27. The van der Waals surface area contributed by atoms with E-state index in [2.05, 4.69) is 31.1 Å². The largest absolute Gasteiger partial charge is 0.352 e. The van der Waals surface area contributed by atoms with E-state index >= 15 is 0 Å². The zero-order valence-corrected chi connectivity index (χ0v) is 11.7. The summed E-state index contributed by atoms with van der Waals surface area (Å²) in [6, 6.07) is 0.0759. The van der Waals surface area contributed by atoms with Crippen LogP contribution in [0, 0.1) is 5.41 Å². The molecule has 0 bridgehead atoms. The van der Waals surface area contributed by atoms with Crippen LogP contribution < -0.4 is 11.1 Å². The number of nitrogens with one attached hydrogen (secondary N) is 1. The zero-order valence-electron chi connectivity index (χ0n) is 11.7. The number of nitrogens with zero attached hydrogens (tertiary/aromatic N) is 2. The van der Waals surface area contributed by atoms with Crippen LogP contribution in [0.1, 0.15) is 32.9 Å². The second-order valence-corrected chi connectivity index (χ2v) is 5.72. The molecule has 0 spiro atoms. The summed E-state index contributed by atoms with van der Waals surface area (Å²) in [6.45, 7) is 6.75. The first-order valence-corrected chi connectivity index (χ1v) is 6.29. The number of carbonyl (C=O) groups is 1. The van der Waals surface area contributed by atoms with Crippen LogP contribution >= 0.6 is 0 Å². The molecule has 0 aliphatic heterocycles. The van der Waals surface area contributed by atoms with Crippen LogP contribution in [0.15, 0.2) is 12.5 Å². The van der Waals surface area contributed by atoms with Crippen molar-refractivity contribution in [2.75, 3.05) is 6.54 Å². The van der Waals surface area contributed by atoms with Gasteiger partial charge in [-0.05, 0) is 5.41 Å². The highest BCUT2D eigenvalue weighted by Crippen LogP contribution is 2.22. The van der Waals surface area contributed by atoms with Gasteiger partial charge in [0.25, 0.3) is 0 Å². The Morgan fingerprint density at radius 2 is 2.22 bits per heavy atom. The summed E-state index contributed by atoms with van der Waals surface area (Å²) in [4.78, 5) is 15.8. The number of hydrogen-bond acceptors (Lipinski definition) is 3. The first-order chi connectivity index (χ1) is 8.34. The van der Waals surface area contributed by atoms with Crippen LogP contribution in [0.5, 0.6) is 0 Å². The van der Waals surface area contributed by atoms with Gasteiger partial charge < -0.3 is 15.6 Å². The normalized spacial score (nSPS) is 13.4. The van der Waals surface area contributed by atoms with Crippen molar-refractivity contribution < 1.29 is 4.79 Å². The van der Waals surface area contributed by atoms with E-state index in [1.807, 2.05) is 17.8 Å². The van der Waals surface area contributed by atoms with E-state index in [9.17, 15) is 4.79 Å². The Morgan fingerprint density at radius 3 is 2.67 bits per heavy atom. The van der Waals surface area contributed by atoms with Gasteiger partial charge >= 0.3 is 0 Å². The minimum absolute atomic E-state index is 0.00543. The molecule has 0 radical (unpaired) electrons. The summed E-state index contributed by atoms with van der Waals surface area (Å²) >= 11 is 0. The van der Waals surface area contributed by atoms with E-state index in [0.717, 1.165) is 12.1 Å². The van der Waals surface area contributed by atoms with Crippen LogP contribution in [0.25, 0.3) is 0 Å². The first kappa shape index (κ1) is 14.7. The maximum Gasteiger partial charge on any atom is 0.221 e. The van der Waals surface area contributed by atoms with Gasteiger partial charge in [0, 0.05) is 44.4 Å². The molecule has 1 amide bonds. The Balaban J connectivity index is 2.74. The molecule has 0 saturated heterocycles. The Morgan fingerprint density at radius 1 is 1.56 bits per heavy atom. The molecule has 0 aliphatic carbocycles. The third-order valence-electron chi connectivity index (χ3n) is 3.08. The van der Waals surface area contributed by atoms with Crippen LogP contribution in [0.4, 0.5) is 0 Å². The number of aryl methyl sites for hydroxylation is 1. The van der Waals surface area contributed by atoms with Crippen molar-refractivity contribution >= 4 is 5.91 Å².